The van der Waals surface area contributed by atoms with Crippen molar-refractivity contribution in [3.05, 3.63) is 89.1 Å². The van der Waals surface area contributed by atoms with E-state index in [1.807, 2.05) is 66.7 Å². The molecular formula is C21H16N4S2. The Kier molecular flexibility index (Phi) is 5.18. The van der Waals surface area contributed by atoms with Crippen LogP contribution in [0.3, 0.4) is 0 Å². The van der Waals surface area contributed by atoms with Crippen molar-refractivity contribution in [3.8, 4) is 22.8 Å². The van der Waals surface area contributed by atoms with E-state index in [-0.39, 0.29) is 0 Å². The van der Waals surface area contributed by atoms with Crippen molar-refractivity contribution in [3.63, 3.8) is 0 Å². The van der Waals surface area contributed by atoms with Gasteiger partial charge in [-0.25, -0.2) is 0 Å². The zero-order chi connectivity index (χ0) is 18.5. The fourth-order valence-corrected chi connectivity index (χ4v) is 3.75. The van der Waals surface area contributed by atoms with Crippen molar-refractivity contribution in [1.82, 2.24) is 19.9 Å². The van der Waals surface area contributed by atoms with E-state index in [0.717, 1.165) is 32.2 Å². The largest absolute Gasteiger partial charge is 0.352 e. The predicted octanol–water partition coefficient (Wildman–Crippen LogP) is 6.10. The van der Waals surface area contributed by atoms with Crippen molar-refractivity contribution in [2.75, 3.05) is 0 Å². The Morgan fingerprint density at radius 1 is 0.667 bits per heavy atom. The van der Waals surface area contributed by atoms with E-state index in [0.29, 0.717) is 0 Å². The molecule has 0 saturated carbocycles. The van der Waals surface area contributed by atoms with Crippen LogP contribution < -0.4 is 0 Å². The Morgan fingerprint density at radius 3 is 1.81 bits per heavy atom. The van der Waals surface area contributed by atoms with Gasteiger partial charge in [-0.05, 0) is 60.7 Å². The normalized spacial score (nSPS) is 10.4. The molecule has 4 aromatic heterocycles. The summed E-state index contributed by atoms with van der Waals surface area (Å²) in [7, 11) is 0. The number of H-pyrrole nitrogens is 2. The lowest BCUT2D eigenvalue weighted by Crippen LogP contribution is -1.84. The number of hydrogen-bond acceptors (Lipinski definition) is 4. The van der Waals surface area contributed by atoms with Crippen LogP contribution >= 0.6 is 23.6 Å². The molecule has 5 aromatic rings. The number of rotatable bonds is 2. The first-order valence-electron chi connectivity index (χ1n) is 8.39. The highest BCUT2D eigenvalue weighted by atomic mass is 32.1. The highest BCUT2D eigenvalue weighted by Gasteiger charge is 2.04. The summed E-state index contributed by atoms with van der Waals surface area (Å²) in [6.07, 6.45) is 3.58. The van der Waals surface area contributed by atoms with E-state index in [2.05, 4.69) is 26.0 Å². The zero-order valence-electron chi connectivity index (χ0n) is 14.3. The molecule has 4 nitrogen and oxygen atoms in total. The highest BCUT2D eigenvalue weighted by Crippen LogP contribution is 2.21. The Hall–Kier alpha value is -3.09. The minimum Gasteiger partial charge on any atom is -0.352 e. The van der Waals surface area contributed by atoms with Gasteiger partial charge in [-0.1, -0.05) is 24.3 Å². The Labute approximate surface area is 165 Å². The minimum atomic E-state index is 0.848. The highest BCUT2D eigenvalue weighted by molar-refractivity contribution is 7.73. The molecule has 2 N–H and O–H groups in total. The molecule has 0 aliphatic rings. The number of thiazole rings is 1. The monoisotopic (exact) mass is 388 g/mol. The summed E-state index contributed by atoms with van der Waals surface area (Å²) in [5, 5.41) is 0. The number of nitrogens with one attached hydrogen (secondary N) is 2. The molecule has 0 aliphatic heterocycles. The van der Waals surface area contributed by atoms with Crippen LogP contribution in [0.1, 0.15) is 0 Å². The van der Waals surface area contributed by atoms with Gasteiger partial charge in [0.1, 0.15) is 0 Å². The molecule has 0 aliphatic carbocycles. The SMILES string of the molecule is S=c1[nH]c2ccccc2s1.c1ccc(-c2ccc(-c3ccccn3)[nH]2)nc1. The molecule has 27 heavy (non-hydrogen) atoms. The summed E-state index contributed by atoms with van der Waals surface area (Å²) in [6.45, 7) is 0. The minimum absolute atomic E-state index is 0.848. The van der Waals surface area contributed by atoms with Gasteiger partial charge in [0.05, 0.1) is 33.0 Å². The van der Waals surface area contributed by atoms with E-state index in [1.165, 1.54) is 4.70 Å². The van der Waals surface area contributed by atoms with Crippen LogP contribution in [0.15, 0.2) is 85.2 Å². The summed E-state index contributed by atoms with van der Waals surface area (Å²) in [5.74, 6) is 0. The van der Waals surface area contributed by atoms with Crippen LogP contribution in [-0.4, -0.2) is 19.9 Å². The van der Waals surface area contributed by atoms with Gasteiger partial charge in [0, 0.05) is 12.4 Å². The van der Waals surface area contributed by atoms with Crippen LogP contribution in [0.25, 0.3) is 33.0 Å². The zero-order valence-corrected chi connectivity index (χ0v) is 15.9. The number of aromatic amines is 2. The van der Waals surface area contributed by atoms with Crippen molar-refractivity contribution >= 4 is 33.8 Å². The van der Waals surface area contributed by atoms with Gasteiger partial charge in [-0.15, -0.1) is 11.3 Å². The number of fused-ring (bicyclic) bond motifs is 1. The number of pyridine rings is 2. The van der Waals surface area contributed by atoms with Crippen LogP contribution in [0.4, 0.5) is 0 Å². The molecule has 0 saturated heterocycles. The Balaban J connectivity index is 0.000000153. The molecule has 0 amide bonds. The lowest BCUT2D eigenvalue weighted by atomic mass is 10.3. The third kappa shape index (κ3) is 4.19. The first-order chi connectivity index (χ1) is 13.3. The first-order valence-corrected chi connectivity index (χ1v) is 9.62. The van der Waals surface area contributed by atoms with Crippen molar-refractivity contribution in [2.45, 2.75) is 0 Å². The fourth-order valence-electron chi connectivity index (χ4n) is 2.63. The second kappa shape index (κ2) is 8.07. The number of benzene rings is 1. The van der Waals surface area contributed by atoms with E-state index in [1.54, 1.807) is 23.7 Å². The molecule has 0 bridgehead atoms. The van der Waals surface area contributed by atoms with Gasteiger partial charge in [0.25, 0.3) is 0 Å². The van der Waals surface area contributed by atoms with E-state index < -0.39 is 0 Å². The van der Waals surface area contributed by atoms with Gasteiger partial charge >= 0.3 is 0 Å². The van der Waals surface area contributed by atoms with Crippen LogP contribution in [-0.2, 0) is 0 Å². The van der Waals surface area contributed by atoms with E-state index in [9.17, 15) is 0 Å². The molecule has 1 aromatic carbocycles. The van der Waals surface area contributed by atoms with Gasteiger partial charge in [0.15, 0.2) is 3.95 Å². The lowest BCUT2D eigenvalue weighted by molar-refractivity contribution is 1.25. The molecule has 132 valence electrons. The molecule has 0 fully saturated rings. The molecule has 0 spiro atoms. The van der Waals surface area contributed by atoms with Crippen molar-refractivity contribution in [2.24, 2.45) is 0 Å². The van der Waals surface area contributed by atoms with Gasteiger partial charge < -0.3 is 9.97 Å². The summed E-state index contributed by atoms with van der Waals surface area (Å²) in [4.78, 5) is 15.0. The second-order valence-corrected chi connectivity index (χ2v) is 7.45. The summed E-state index contributed by atoms with van der Waals surface area (Å²) >= 11 is 6.59. The lowest BCUT2D eigenvalue weighted by Gasteiger charge is -1.97. The van der Waals surface area contributed by atoms with Crippen molar-refractivity contribution < 1.29 is 0 Å². The van der Waals surface area contributed by atoms with Gasteiger partial charge in [0.2, 0.25) is 0 Å². The molecule has 0 unspecified atom stereocenters. The smallest absolute Gasteiger partial charge is 0.159 e. The Bertz CT molecular complexity index is 1100. The maximum atomic E-state index is 4.98. The van der Waals surface area contributed by atoms with Crippen LogP contribution in [0, 0.1) is 3.95 Å². The van der Waals surface area contributed by atoms with Crippen molar-refractivity contribution in [1.29, 1.82) is 0 Å². The topological polar surface area (TPSA) is 57.4 Å². The van der Waals surface area contributed by atoms with Crippen LogP contribution in [0.2, 0.25) is 0 Å². The fraction of sp³-hybridized carbons (Fsp3) is 0. The van der Waals surface area contributed by atoms with E-state index in [4.69, 9.17) is 12.2 Å². The third-order valence-electron chi connectivity index (χ3n) is 3.89. The average Bonchev–Trinajstić information content (AvgIpc) is 3.36. The average molecular weight is 389 g/mol. The standard InChI is InChI=1S/C14H11N3.C7H5NS2/c1-3-9-15-11(5-1)13-7-8-14(17-13)12-6-2-4-10-16-12;9-7-8-5-3-1-2-4-6(5)10-7/h1-10,17H;1-4H,(H,8,9). The van der Waals surface area contributed by atoms with Gasteiger partial charge in [-0.3, -0.25) is 9.97 Å². The second-order valence-electron chi connectivity index (χ2n) is 5.73. The van der Waals surface area contributed by atoms with Crippen LogP contribution in [0.5, 0.6) is 0 Å². The number of aromatic nitrogens is 4. The summed E-state index contributed by atoms with van der Waals surface area (Å²) < 4.78 is 2.08. The molecular weight excluding hydrogens is 372 g/mol. The summed E-state index contributed by atoms with van der Waals surface area (Å²) in [5.41, 5.74) is 5.03. The molecule has 6 heteroatoms. The van der Waals surface area contributed by atoms with E-state index >= 15 is 0 Å². The number of hydrogen-bond donors (Lipinski definition) is 2. The molecule has 0 atom stereocenters. The first kappa shape index (κ1) is 17.3. The summed E-state index contributed by atoms with van der Waals surface area (Å²) in [6, 6.07) is 23.9. The maximum absolute atomic E-state index is 4.98. The third-order valence-corrected chi connectivity index (χ3v) is 5.11. The predicted molar refractivity (Wildman–Crippen MR) is 114 cm³/mol. The maximum Gasteiger partial charge on any atom is 0.159 e. The molecule has 5 rings (SSSR count). The Morgan fingerprint density at radius 2 is 1.26 bits per heavy atom. The quantitative estimate of drug-likeness (QED) is 0.359. The number of para-hydroxylation sites is 1. The molecule has 0 radical (unpaired) electrons. The number of nitrogens with zero attached hydrogens (tertiary/aromatic N) is 2. The molecule has 4 heterocycles. The van der Waals surface area contributed by atoms with Gasteiger partial charge in [-0.2, -0.15) is 0 Å².